The lowest BCUT2D eigenvalue weighted by molar-refractivity contribution is -0.137. The maximum absolute atomic E-state index is 9.92. The molecule has 0 aliphatic heterocycles. The Morgan fingerprint density at radius 3 is 3.00 bits per heavy atom. The number of carboxylic acid groups (broad SMARTS) is 1. The predicted molar refractivity (Wildman–Crippen MR) is 37.1 cm³/mol. The summed E-state index contributed by atoms with van der Waals surface area (Å²) in [5.74, 6) is -0.816. The zero-order valence-electron chi connectivity index (χ0n) is 5.49. The maximum atomic E-state index is 9.92. The average Bonchev–Trinajstić information content (AvgIpc) is 1.87. The van der Waals surface area contributed by atoms with E-state index in [2.05, 4.69) is 17.7 Å². The Morgan fingerprint density at radius 2 is 2.50 bits per heavy atom. The highest BCUT2D eigenvalue weighted by Crippen LogP contribution is 1.87. The van der Waals surface area contributed by atoms with Gasteiger partial charge in [0.15, 0.2) is 0 Å². The molecular weight excluding hydrogens is 133 g/mol. The second-order valence-electron chi connectivity index (χ2n) is 1.64. The molecule has 10 heavy (non-hydrogen) atoms. The minimum Gasteiger partial charge on any atom is -0.560 e. The fourth-order valence-corrected chi connectivity index (χ4v) is 0.417. The number of hydrogen-bond donors (Lipinski definition) is 1. The molecular formula is C5H8BNO3. The molecule has 54 valence electrons. The number of nitrogens with zero attached hydrogens (tertiary/aromatic N) is 1. The highest BCUT2D eigenvalue weighted by molar-refractivity contribution is 6.02. The lowest BCUT2D eigenvalue weighted by Crippen LogP contribution is -1.95. The molecule has 0 aromatic heterocycles. The lowest BCUT2D eigenvalue weighted by Gasteiger charge is -1.90. The van der Waals surface area contributed by atoms with Crippen molar-refractivity contribution in [1.29, 1.82) is 0 Å². The van der Waals surface area contributed by atoms with Gasteiger partial charge in [-0.15, -0.1) is 0 Å². The van der Waals surface area contributed by atoms with Gasteiger partial charge in [0.25, 0.3) is 0 Å². The van der Waals surface area contributed by atoms with Crippen LogP contribution in [0.4, 0.5) is 0 Å². The van der Waals surface area contributed by atoms with Crippen molar-refractivity contribution in [3.05, 3.63) is 0 Å². The molecule has 0 bridgehead atoms. The average molecular weight is 141 g/mol. The second kappa shape index (κ2) is 6.13. The predicted octanol–water partition coefficient (Wildman–Crippen LogP) is -0.0204. The van der Waals surface area contributed by atoms with Gasteiger partial charge in [-0.2, -0.15) is 0 Å². The van der Waals surface area contributed by atoms with Gasteiger partial charge < -0.3 is 9.76 Å². The summed E-state index contributed by atoms with van der Waals surface area (Å²) in [4.78, 5) is 13.6. The van der Waals surface area contributed by atoms with Crippen LogP contribution in [0.25, 0.3) is 0 Å². The van der Waals surface area contributed by atoms with Crippen LogP contribution in [0.3, 0.4) is 0 Å². The normalized spacial score (nSPS) is 10.0. The van der Waals surface area contributed by atoms with Crippen molar-refractivity contribution in [2.24, 2.45) is 4.99 Å². The first-order valence-electron chi connectivity index (χ1n) is 2.83. The van der Waals surface area contributed by atoms with Gasteiger partial charge in [-0.05, 0) is 6.42 Å². The van der Waals surface area contributed by atoms with E-state index in [0.717, 1.165) is 6.40 Å². The van der Waals surface area contributed by atoms with Crippen LogP contribution in [0.2, 0.25) is 0 Å². The van der Waals surface area contributed by atoms with E-state index < -0.39 is 5.97 Å². The number of aliphatic carboxylic acids is 1. The van der Waals surface area contributed by atoms with E-state index in [4.69, 9.17) is 5.11 Å². The van der Waals surface area contributed by atoms with E-state index in [1.165, 1.54) is 0 Å². The number of rotatable bonds is 5. The van der Waals surface area contributed by atoms with Crippen LogP contribution in [-0.2, 0) is 9.45 Å². The quantitative estimate of drug-likeness (QED) is 0.253. The highest BCUT2D eigenvalue weighted by Gasteiger charge is 1.93. The van der Waals surface area contributed by atoms with Crippen molar-refractivity contribution in [2.75, 3.05) is 6.54 Å². The van der Waals surface area contributed by atoms with Crippen LogP contribution < -0.4 is 0 Å². The Morgan fingerprint density at radius 1 is 1.80 bits per heavy atom. The summed E-state index contributed by atoms with van der Waals surface area (Å²) in [7, 11) is 4.60. The van der Waals surface area contributed by atoms with E-state index in [-0.39, 0.29) is 6.42 Å². The molecule has 0 heterocycles. The SMILES string of the molecule is [B]OC=NCCCC(=O)O. The standard InChI is InChI=1S/C5H8BNO3/c6-10-4-7-3-1-2-5(8)9/h4H,1-3H2,(H,8,9). The summed E-state index contributed by atoms with van der Waals surface area (Å²) in [6.45, 7) is 0.434. The zero-order chi connectivity index (χ0) is 7.82. The molecule has 0 atom stereocenters. The Labute approximate surface area is 60.4 Å². The van der Waals surface area contributed by atoms with Crippen LogP contribution in [0.15, 0.2) is 4.99 Å². The smallest absolute Gasteiger partial charge is 0.375 e. The maximum Gasteiger partial charge on any atom is 0.375 e. The van der Waals surface area contributed by atoms with Crippen molar-refractivity contribution in [1.82, 2.24) is 0 Å². The number of hydrogen-bond acceptors (Lipinski definition) is 3. The molecule has 0 unspecified atom stereocenters. The first kappa shape index (κ1) is 9.00. The van der Waals surface area contributed by atoms with Crippen molar-refractivity contribution in [2.45, 2.75) is 12.8 Å². The molecule has 0 amide bonds. The Bertz CT molecular complexity index is 126. The molecule has 0 aromatic carbocycles. The molecule has 0 aromatic rings. The molecule has 0 aliphatic rings. The summed E-state index contributed by atoms with van der Waals surface area (Å²) in [6.07, 6.45) is 1.72. The van der Waals surface area contributed by atoms with Crippen LogP contribution in [0.1, 0.15) is 12.8 Å². The van der Waals surface area contributed by atoms with Crippen LogP contribution in [0.5, 0.6) is 0 Å². The molecule has 0 aliphatic carbocycles. The summed E-state index contributed by atoms with van der Waals surface area (Å²) in [6, 6.07) is 0. The van der Waals surface area contributed by atoms with E-state index in [9.17, 15) is 4.79 Å². The largest absolute Gasteiger partial charge is 0.560 e. The van der Waals surface area contributed by atoms with Crippen molar-refractivity contribution >= 4 is 20.4 Å². The molecule has 0 spiro atoms. The molecule has 5 heteroatoms. The second-order valence-corrected chi connectivity index (χ2v) is 1.64. The number of carboxylic acids is 1. The summed E-state index contributed by atoms with van der Waals surface area (Å²) >= 11 is 0. The summed E-state index contributed by atoms with van der Waals surface area (Å²) in [5, 5.41) is 8.16. The van der Waals surface area contributed by atoms with Crippen LogP contribution in [-0.4, -0.2) is 32.1 Å². The highest BCUT2D eigenvalue weighted by atomic mass is 16.4. The van der Waals surface area contributed by atoms with Crippen LogP contribution >= 0.6 is 0 Å². The van der Waals surface area contributed by atoms with E-state index >= 15 is 0 Å². The van der Waals surface area contributed by atoms with Gasteiger partial charge >= 0.3 is 14.0 Å². The Hall–Kier alpha value is -0.995. The van der Waals surface area contributed by atoms with Gasteiger partial charge in [0.1, 0.15) is 6.40 Å². The van der Waals surface area contributed by atoms with Crippen molar-refractivity contribution < 1.29 is 14.6 Å². The molecule has 1 N–H and O–H groups in total. The summed E-state index contributed by atoms with van der Waals surface area (Å²) < 4.78 is 4.01. The van der Waals surface area contributed by atoms with Gasteiger partial charge in [-0.25, -0.2) is 0 Å². The fourth-order valence-electron chi connectivity index (χ4n) is 0.417. The summed E-state index contributed by atoms with van der Waals surface area (Å²) in [5.41, 5.74) is 0. The van der Waals surface area contributed by atoms with Gasteiger partial charge in [0.2, 0.25) is 0 Å². The molecule has 2 radical (unpaired) electrons. The van der Waals surface area contributed by atoms with Crippen molar-refractivity contribution in [3.63, 3.8) is 0 Å². The number of carbonyl (C=O) groups is 1. The van der Waals surface area contributed by atoms with Crippen molar-refractivity contribution in [3.8, 4) is 0 Å². The molecule has 0 fully saturated rings. The van der Waals surface area contributed by atoms with Gasteiger partial charge in [-0.3, -0.25) is 9.79 Å². The third-order valence-corrected chi connectivity index (χ3v) is 0.813. The third kappa shape index (κ3) is 7.00. The minimum atomic E-state index is -0.816. The zero-order valence-corrected chi connectivity index (χ0v) is 5.49. The van der Waals surface area contributed by atoms with Gasteiger partial charge in [0.05, 0.1) is 0 Å². The van der Waals surface area contributed by atoms with E-state index in [1.807, 2.05) is 0 Å². The van der Waals surface area contributed by atoms with Gasteiger partial charge in [0, 0.05) is 13.0 Å². The lowest BCUT2D eigenvalue weighted by atomic mass is 10.3. The monoisotopic (exact) mass is 141 g/mol. The van der Waals surface area contributed by atoms with Crippen LogP contribution in [0, 0.1) is 0 Å². The van der Waals surface area contributed by atoms with E-state index in [1.54, 1.807) is 0 Å². The van der Waals surface area contributed by atoms with E-state index in [0.29, 0.717) is 13.0 Å². The third-order valence-electron chi connectivity index (χ3n) is 0.813. The fraction of sp³-hybridized carbons (Fsp3) is 0.600. The Balaban J connectivity index is 3.05. The first-order valence-corrected chi connectivity index (χ1v) is 2.83. The Kier molecular flexibility index (Phi) is 5.52. The number of aliphatic imine (C=N–C) groups is 1. The molecule has 4 nitrogen and oxygen atoms in total. The molecule has 0 rings (SSSR count). The minimum absolute atomic E-state index is 0.127. The topological polar surface area (TPSA) is 58.9 Å². The van der Waals surface area contributed by atoms with Gasteiger partial charge in [-0.1, -0.05) is 0 Å². The molecule has 0 saturated carbocycles. The molecule has 0 saturated heterocycles. The first-order chi connectivity index (χ1) is 4.77.